The molecule has 1 aliphatic heterocycles. The molecule has 24 heavy (non-hydrogen) atoms. The number of unbranched alkanes of at least 4 members (excludes halogenated alkanes) is 2. The van der Waals surface area contributed by atoms with Crippen LogP contribution in [0.15, 0.2) is 24.3 Å². The third-order valence-electron chi connectivity index (χ3n) is 4.44. The number of aliphatic hydroxyl groups is 1. The van der Waals surface area contributed by atoms with Gasteiger partial charge in [-0.1, -0.05) is 25.8 Å². The van der Waals surface area contributed by atoms with Gasteiger partial charge >= 0.3 is 6.18 Å². The first kappa shape index (κ1) is 19.1. The Morgan fingerprint density at radius 3 is 2.83 bits per heavy atom. The van der Waals surface area contributed by atoms with Gasteiger partial charge in [-0.25, -0.2) is 0 Å². The molecular weight excluding hydrogens is 319 g/mol. The second kappa shape index (κ2) is 8.72. The van der Waals surface area contributed by atoms with Crippen molar-refractivity contribution in [3.05, 3.63) is 29.8 Å². The van der Waals surface area contributed by atoms with E-state index in [-0.39, 0.29) is 11.7 Å². The van der Waals surface area contributed by atoms with Crippen molar-refractivity contribution in [2.75, 3.05) is 19.6 Å². The maximum absolute atomic E-state index is 12.7. The minimum atomic E-state index is -4.41. The summed E-state index contributed by atoms with van der Waals surface area (Å²) in [5.41, 5.74) is -0.767. The lowest BCUT2D eigenvalue weighted by Gasteiger charge is -2.35. The fourth-order valence-corrected chi connectivity index (χ4v) is 3.09. The summed E-state index contributed by atoms with van der Waals surface area (Å²) in [6.45, 7) is 4.90. The SMILES string of the molecule is CCCCCN1CCCC(C(O)Oc2cccc(C(F)(F)F)c2)C1. The first-order valence-corrected chi connectivity index (χ1v) is 8.64. The first-order chi connectivity index (χ1) is 11.4. The van der Waals surface area contributed by atoms with Crippen LogP contribution in [-0.2, 0) is 6.18 Å². The molecular formula is C18H26F3NO2. The highest BCUT2D eigenvalue weighted by Crippen LogP contribution is 2.32. The van der Waals surface area contributed by atoms with Crippen molar-refractivity contribution in [3.8, 4) is 5.75 Å². The van der Waals surface area contributed by atoms with Crippen LogP contribution in [0, 0.1) is 5.92 Å². The lowest BCUT2D eigenvalue weighted by molar-refractivity contribution is -0.138. The molecule has 1 aromatic carbocycles. The van der Waals surface area contributed by atoms with Crippen molar-refractivity contribution in [1.82, 2.24) is 4.90 Å². The van der Waals surface area contributed by atoms with Crippen LogP contribution in [0.1, 0.15) is 44.6 Å². The van der Waals surface area contributed by atoms with Gasteiger partial charge in [0, 0.05) is 12.5 Å². The largest absolute Gasteiger partial charge is 0.465 e. The Hall–Kier alpha value is -1.27. The van der Waals surface area contributed by atoms with E-state index in [4.69, 9.17) is 4.74 Å². The van der Waals surface area contributed by atoms with Gasteiger partial charge in [0.05, 0.1) is 5.56 Å². The van der Waals surface area contributed by atoms with Gasteiger partial charge in [-0.15, -0.1) is 0 Å². The number of ether oxygens (including phenoxy) is 1. The minimum Gasteiger partial charge on any atom is -0.465 e. The number of hydrogen-bond donors (Lipinski definition) is 1. The van der Waals surface area contributed by atoms with Crippen LogP contribution in [0.3, 0.4) is 0 Å². The molecule has 0 aliphatic carbocycles. The van der Waals surface area contributed by atoms with Crippen LogP contribution in [0.25, 0.3) is 0 Å². The molecule has 2 atom stereocenters. The molecule has 3 nitrogen and oxygen atoms in total. The van der Waals surface area contributed by atoms with Crippen molar-refractivity contribution in [2.24, 2.45) is 5.92 Å². The minimum absolute atomic E-state index is 0.0560. The number of nitrogens with zero attached hydrogens (tertiary/aromatic N) is 1. The molecule has 0 radical (unpaired) electrons. The molecule has 0 saturated carbocycles. The number of halogens is 3. The molecule has 1 fully saturated rings. The Morgan fingerprint density at radius 1 is 1.33 bits per heavy atom. The fourth-order valence-electron chi connectivity index (χ4n) is 3.09. The third-order valence-corrected chi connectivity index (χ3v) is 4.44. The summed E-state index contributed by atoms with van der Waals surface area (Å²) >= 11 is 0. The van der Waals surface area contributed by atoms with Crippen LogP contribution >= 0.6 is 0 Å². The quantitative estimate of drug-likeness (QED) is 0.591. The molecule has 1 aromatic rings. The van der Waals surface area contributed by atoms with E-state index < -0.39 is 18.0 Å². The summed E-state index contributed by atoms with van der Waals surface area (Å²) in [7, 11) is 0. The van der Waals surface area contributed by atoms with E-state index in [2.05, 4.69) is 11.8 Å². The Kier molecular flexibility index (Phi) is 6.92. The number of alkyl halides is 3. The van der Waals surface area contributed by atoms with E-state index in [9.17, 15) is 18.3 Å². The summed E-state index contributed by atoms with van der Waals surface area (Å²) in [6, 6.07) is 4.67. The summed E-state index contributed by atoms with van der Waals surface area (Å²) in [6.07, 6.45) is -0.214. The molecule has 0 amide bonds. The Labute approximate surface area is 141 Å². The normalized spacial score (nSPS) is 20.8. The zero-order valence-electron chi connectivity index (χ0n) is 14.1. The van der Waals surface area contributed by atoms with E-state index in [0.717, 1.165) is 51.0 Å². The maximum atomic E-state index is 12.7. The van der Waals surface area contributed by atoms with Gasteiger partial charge in [-0.3, -0.25) is 0 Å². The zero-order valence-corrected chi connectivity index (χ0v) is 14.1. The van der Waals surface area contributed by atoms with Crippen LogP contribution in [0.2, 0.25) is 0 Å². The van der Waals surface area contributed by atoms with E-state index in [1.165, 1.54) is 25.0 Å². The standard InChI is InChI=1S/C18H26F3NO2/c1-2-3-4-10-22-11-6-7-14(13-22)17(23)24-16-9-5-8-15(12-16)18(19,20)21/h5,8-9,12,14,17,23H,2-4,6-7,10-11,13H2,1H3. The van der Waals surface area contributed by atoms with Gasteiger partial charge in [0.2, 0.25) is 6.29 Å². The van der Waals surface area contributed by atoms with Crippen LogP contribution < -0.4 is 4.74 Å². The van der Waals surface area contributed by atoms with Gasteiger partial charge in [0.15, 0.2) is 0 Å². The summed E-state index contributed by atoms with van der Waals surface area (Å²) in [5, 5.41) is 10.3. The van der Waals surface area contributed by atoms with Gasteiger partial charge in [0.25, 0.3) is 0 Å². The topological polar surface area (TPSA) is 32.7 Å². The van der Waals surface area contributed by atoms with Crippen molar-refractivity contribution in [2.45, 2.75) is 51.5 Å². The highest BCUT2D eigenvalue weighted by atomic mass is 19.4. The average Bonchev–Trinajstić information content (AvgIpc) is 2.55. The van der Waals surface area contributed by atoms with Gasteiger partial charge < -0.3 is 14.7 Å². The molecule has 1 N–H and O–H groups in total. The second-order valence-corrected chi connectivity index (χ2v) is 6.44. The van der Waals surface area contributed by atoms with Crippen LogP contribution in [-0.4, -0.2) is 35.9 Å². The molecule has 1 aliphatic rings. The number of piperidine rings is 1. The van der Waals surface area contributed by atoms with Gasteiger partial charge in [-0.2, -0.15) is 13.2 Å². The molecule has 0 aromatic heterocycles. The smallest absolute Gasteiger partial charge is 0.416 e. The maximum Gasteiger partial charge on any atom is 0.416 e. The van der Waals surface area contributed by atoms with Crippen molar-refractivity contribution in [3.63, 3.8) is 0 Å². The number of likely N-dealkylation sites (tertiary alicyclic amines) is 1. The summed E-state index contributed by atoms with van der Waals surface area (Å²) < 4.78 is 43.6. The molecule has 1 saturated heterocycles. The second-order valence-electron chi connectivity index (χ2n) is 6.44. The number of aliphatic hydroxyl groups excluding tert-OH is 1. The van der Waals surface area contributed by atoms with Gasteiger partial charge in [-0.05, 0) is 50.6 Å². The Morgan fingerprint density at radius 2 is 2.12 bits per heavy atom. The first-order valence-electron chi connectivity index (χ1n) is 8.64. The predicted molar refractivity (Wildman–Crippen MR) is 86.8 cm³/mol. The monoisotopic (exact) mass is 345 g/mol. The molecule has 136 valence electrons. The number of rotatable bonds is 7. The Bertz CT molecular complexity index is 507. The lowest BCUT2D eigenvalue weighted by atomic mass is 9.97. The average molecular weight is 345 g/mol. The third kappa shape index (κ3) is 5.67. The van der Waals surface area contributed by atoms with Crippen LogP contribution in [0.4, 0.5) is 13.2 Å². The van der Waals surface area contributed by atoms with Gasteiger partial charge in [0.1, 0.15) is 5.75 Å². The number of hydrogen-bond acceptors (Lipinski definition) is 3. The molecule has 6 heteroatoms. The fraction of sp³-hybridized carbons (Fsp3) is 0.667. The van der Waals surface area contributed by atoms with E-state index in [1.807, 2.05) is 0 Å². The molecule has 0 spiro atoms. The highest BCUT2D eigenvalue weighted by molar-refractivity contribution is 5.30. The predicted octanol–water partition coefficient (Wildman–Crippen LogP) is 4.30. The highest BCUT2D eigenvalue weighted by Gasteiger charge is 2.31. The zero-order chi connectivity index (χ0) is 17.6. The van der Waals surface area contributed by atoms with Crippen molar-refractivity contribution in [1.29, 1.82) is 0 Å². The molecule has 2 rings (SSSR count). The Balaban J connectivity index is 1.90. The molecule has 1 heterocycles. The van der Waals surface area contributed by atoms with Crippen LogP contribution in [0.5, 0.6) is 5.75 Å². The van der Waals surface area contributed by atoms with E-state index in [1.54, 1.807) is 0 Å². The van der Waals surface area contributed by atoms with Crippen molar-refractivity contribution < 1.29 is 23.0 Å². The lowest BCUT2D eigenvalue weighted by Crippen LogP contribution is -2.42. The number of benzene rings is 1. The van der Waals surface area contributed by atoms with E-state index in [0.29, 0.717) is 0 Å². The molecule has 0 bridgehead atoms. The summed E-state index contributed by atoms with van der Waals surface area (Å²) in [5.74, 6) is -0.0182. The summed E-state index contributed by atoms with van der Waals surface area (Å²) in [4.78, 5) is 2.31. The van der Waals surface area contributed by atoms with E-state index >= 15 is 0 Å². The molecule has 2 unspecified atom stereocenters. The van der Waals surface area contributed by atoms with Crippen molar-refractivity contribution >= 4 is 0 Å².